The van der Waals surface area contributed by atoms with Gasteiger partial charge in [0.15, 0.2) is 0 Å². The van der Waals surface area contributed by atoms with Crippen LogP contribution in [0, 0.1) is 5.92 Å². The number of pyridine rings is 1. The smallest absolute Gasteiger partial charge is 0.337 e. The Morgan fingerprint density at radius 1 is 1.53 bits per heavy atom. The third-order valence-corrected chi connectivity index (χ3v) is 3.36. The van der Waals surface area contributed by atoms with E-state index in [0.717, 1.165) is 12.4 Å². The van der Waals surface area contributed by atoms with Gasteiger partial charge in [0, 0.05) is 18.8 Å². The normalized spacial score (nSPS) is 19.9. The van der Waals surface area contributed by atoms with E-state index in [-0.39, 0.29) is 5.56 Å². The van der Waals surface area contributed by atoms with Crippen LogP contribution in [-0.4, -0.2) is 28.6 Å². The molecular weight excluding hydrogens is 216 g/mol. The quantitative estimate of drug-likeness (QED) is 0.872. The minimum atomic E-state index is -0.925. The summed E-state index contributed by atoms with van der Waals surface area (Å²) in [6, 6.07) is 3.96. The molecule has 0 saturated carbocycles. The Labute approximate surface area is 101 Å². The number of aromatic nitrogens is 1. The maximum atomic E-state index is 10.8. The third-order valence-electron chi connectivity index (χ3n) is 3.36. The fraction of sp³-hybridized carbons (Fsp3) is 0.538. The topological polar surface area (TPSA) is 53.4 Å². The predicted octanol–water partition coefficient (Wildman–Crippen LogP) is 2.40. The van der Waals surface area contributed by atoms with Crippen LogP contribution in [0.5, 0.6) is 0 Å². The molecule has 1 aliphatic heterocycles. The first-order chi connectivity index (χ1) is 8.09. The molecule has 1 aromatic rings. The highest BCUT2D eigenvalue weighted by atomic mass is 16.4. The van der Waals surface area contributed by atoms with E-state index >= 15 is 0 Å². The molecule has 1 unspecified atom stereocenters. The van der Waals surface area contributed by atoms with Crippen LogP contribution in [0.4, 0.5) is 5.82 Å². The van der Waals surface area contributed by atoms with E-state index in [0.29, 0.717) is 12.0 Å². The van der Waals surface area contributed by atoms with Crippen LogP contribution in [0.3, 0.4) is 0 Å². The Kier molecular flexibility index (Phi) is 3.31. The van der Waals surface area contributed by atoms with Gasteiger partial charge in [-0.05, 0) is 30.9 Å². The van der Waals surface area contributed by atoms with Gasteiger partial charge in [-0.1, -0.05) is 13.8 Å². The molecule has 0 spiro atoms. The molecule has 4 nitrogen and oxygen atoms in total. The highest BCUT2D eigenvalue weighted by molar-refractivity contribution is 5.87. The maximum Gasteiger partial charge on any atom is 0.337 e. The summed E-state index contributed by atoms with van der Waals surface area (Å²) in [6.45, 7) is 5.45. The molecule has 0 aromatic carbocycles. The molecule has 1 saturated heterocycles. The summed E-state index contributed by atoms with van der Waals surface area (Å²) < 4.78 is 0. The minimum Gasteiger partial charge on any atom is -0.478 e. The van der Waals surface area contributed by atoms with Gasteiger partial charge >= 0.3 is 5.97 Å². The first-order valence-electron chi connectivity index (χ1n) is 6.05. The number of nitrogens with zero attached hydrogens (tertiary/aromatic N) is 2. The second kappa shape index (κ2) is 4.73. The summed E-state index contributed by atoms with van der Waals surface area (Å²) in [6.07, 6.45) is 3.82. The van der Waals surface area contributed by atoms with Gasteiger partial charge in [-0.15, -0.1) is 0 Å². The standard InChI is InChI=1S/C13H18N2O2/c1-9(2)11-4-3-7-15(11)12-6-5-10(8-14-12)13(16)17/h5-6,8-9,11H,3-4,7H2,1-2H3,(H,16,17). The molecule has 0 aliphatic carbocycles. The van der Waals surface area contributed by atoms with Crippen LogP contribution in [0.2, 0.25) is 0 Å². The fourth-order valence-electron chi connectivity index (χ4n) is 2.45. The first kappa shape index (κ1) is 11.9. The monoisotopic (exact) mass is 234 g/mol. The van der Waals surface area contributed by atoms with Crippen molar-refractivity contribution in [1.82, 2.24) is 4.98 Å². The molecule has 1 atom stereocenters. The average molecular weight is 234 g/mol. The molecule has 0 bridgehead atoms. The zero-order valence-corrected chi connectivity index (χ0v) is 10.3. The van der Waals surface area contributed by atoms with Crippen molar-refractivity contribution >= 4 is 11.8 Å². The van der Waals surface area contributed by atoms with Gasteiger partial charge in [0.2, 0.25) is 0 Å². The molecule has 1 N–H and O–H groups in total. The summed E-state index contributed by atoms with van der Waals surface area (Å²) in [5.74, 6) is 0.565. The van der Waals surface area contributed by atoms with Crippen LogP contribution < -0.4 is 4.90 Å². The lowest BCUT2D eigenvalue weighted by Gasteiger charge is -2.28. The van der Waals surface area contributed by atoms with Gasteiger partial charge < -0.3 is 10.0 Å². The minimum absolute atomic E-state index is 0.244. The highest BCUT2D eigenvalue weighted by Gasteiger charge is 2.27. The molecule has 4 heteroatoms. The Bertz CT molecular complexity index is 400. The van der Waals surface area contributed by atoms with Crippen molar-refractivity contribution in [2.45, 2.75) is 32.7 Å². The summed E-state index contributed by atoms with van der Waals surface area (Å²) in [5.41, 5.74) is 0.244. The highest BCUT2D eigenvalue weighted by Crippen LogP contribution is 2.28. The summed E-state index contributed by atoms with van der Waals surface area (Å²) >= 11 is 0. The van der Waals surface area contributed by atoms with Crippen molar-refractivity contribution in [1.29, 1.82) is 0 Å². The van der Waals surface area contributed by atoms with E-state index in [1.165, 1.54) is 19.0 Å². The summed E-state index contributed by atoms with van der Waals surface area (Å²) in [4.78, 5) is 17.3. The van der Waals surface area contributed by atoms with Crippen molar-refractivity contribution in [3.63, 3.8) is 0 Å². The van der Waals surface area contributed by atoms with Crippen molar-refractivity contribution in [2.24, 2.45) is 5.92 Å². The number of carboxylic acid groups (broad SMARTS) is 1. The number of anilines is 1. The van der Waals surface area contributed by atoms with E-state index in [1.54, 1.807) is 6.07 Å². The van der Waals surface area contributed by atoms with Crippen molar-refractivity contribution in [3.8, 4) is 0 Å². The molecule has 0 amide bonds. The van der Waals surface area contributed by atoms with E-state index in [4.69, 9.17) is 5.11 Å². The van der Waals surface area contributed by atoms with Crippen LogP contribution in [0.15, 0.2) is 18.3 Å². The van der Waals surface area contributed by atoms with Crippen molar-refractivity contribution < 1.29 is 9.90 Å². The molecule has 2 heterocycles. The molecule has 1 aliphatic rings. The zero-order valence-electron chi connectivity index (χ0n) is 10.3. The number of carbonyl (C=O) groups is 1. The molecule has 0 radical (unpaired) electrons. The number of rotatable bonds is 3. The largest absolute Gasteiger partial charge is 0.478 e. The third kappa shape index (κ3) is 2.40. The average Bonchev–Trinajstić information content (AvgIpc) is 2.78. The van der Waals surface area contributed by atoms with Crippen LogP contribution >= 0.6 is 0 Å². The molecule has 92 valence electrons. The fourth-order valence-corrected chi connectivity index (χ4v) is 2.45. The van der Waals surface area contributed by atoms with Gasteiger partial charge in [0.25, 0.3) is 0 Å². The van der Waals surface area contributed by atoms with Crippen molar-refractivity contribution in [2.75, 3.05) is 11.4 Å². The van der Waals surface area contributed by atoms with E-state index in [9.17, 15) is 4.79 Å². The lowest BCUT2D eigenvalue weighted by molar-refractivity contribution is 0.0696. The van der Waals surface area contributed by atoms with E-state index in [1.807, 2.05) is 6.07 Å². The van der Waals surface area contributed by atoms with Crippen LogP contribution in [0.1, 0.15) is 37.0 Å². The summed E-state index contributed by atoms with van der Waals surface area (Å²) in [5, 5.41) is 8.83. The Morgan fingerprint density at radius 2 is 2.29 bits per heavy atom. The number of hydrogen-bond donors (Lipinski definition) is 1. The Balaban J connectivity index is 2.19. The van der Waals surface area contributed by atoms with Gasteiger partial charge in [-0.3, -0.25) is 0 Å². The Morgan fingerprint density at radius 3 is 2.82 bits per heavy atom. The zero-order chi connectivity index (χ0) is 12.4. The first-order valence-corrected chi connectivity index (χ1v) is 6.05. The second-order valence-corrected chi connectivity index (χ2v) is 4.86. The van der Waals surface area contributed by atoms with Crippen LogP contribution in [-0.2, 0) is 0 Å². The molecular formula is C13H18N2O2. The lowest BCUT2D eigenvalue weighted by Crippen LogP contribution is -2.33. The van der Waals surface area contributed by atoms with Crippen molar-refractivity contribution in [3.05, 3.63) is 23.9 Å². The Hall–Kier alpha value is -1.58. The lowest BCUT2D eigenvalue weighted by atomic mass is 10.0. The SMILES string of the molecule is CC(C)C1CCCN1c1ccc(C(=O)O)cn1. The molecule has 1 aromatic heterocycles. The number of hydrogen-bond acceptors (Lipinski definition) is 3. The second-order valence-electron chi connectivity index (χ2n) is 4.86. The van der Waals surface area contributed by atoms with Crippen LogP contribution in [0.25, 0.3) is 0 Å². The molecule has 17 heavy (non-hydrogen) atoms. The summed E-state index contributed by atoms with van der Waals surface area (Å²) in [7, 11) is 0. The molecule has 2 rings (SSSR count). The molecule has 1 fully saturated rings. The van der Waals surface area contributed by atoms with Gasteiger partial charge in [0.05, 0.1) is 5.56 Å². The number of carboxylic acids is 1. The van der Waals surface area contributed by atoms with E-state index in [2.05, 4.69) is 23.7 Å². The van der Waals surface area contributed by atoms with Gasteiger partial charge in [0.1, 0.15) is 5.82 Å². The van der Waals surface area contributed by atoms with Gasteiger partial charge in [-0.25, -0.2) is 9.78 Å². The maximum absolute atomic E-state index is 10.8. The van der Waals surface area contributed by atoms with Gasteiger partial charge in [-0.2, -0.15) is 0 Å². The number of aromatic carboxylic acids is 1. The predicted molar refractivity (Wildman–Crippen MR) is 66.4 cm³/mol. The van der Waals surface area contributed by atoms with E-state index < -0.39 is 5.97 Å².